The number of amides is 2. The van der Waals surface area contributed by atoms with E-state index in [1.165, 1.54) is 17.1 Å². The van der Waals surface area contributed by atoms with Crippen molar-refractivity contribution in [1.29, 1.82) is 5.41 Å². The van der Waals surface area contributed by atoms with Crippen LogP contribution in [0.3, 0.4) is 0 Å². The lowest BCUT2D eigenvalue weighted by Gasteiger charge is -2.20. The number of amidine groups is 2. The van der Waals surface area contributed by atoms with Crippen LogP contribution in [0.5, 0.6) is 0 Å². The fourth-order valence-electron chi connectivity index (χ4n) is 4.72. The number of aliphatic imine (C=N–C) groups is 1. The van der Waals surface area contributed by atoms with Crippen LogP contribution in [-0.4, -0.2) is 60.4 Å². The van der Waals surface area contributed by atoms with E-state index in [1.807, 2.05) is 36.3 Å². The van der Waals surface area contributed by atoms with E-state index in [0.29, 0.717) is 16.3 Å². The van der Waals surface area contributed by atoms with Crippen molar-refractivity contribution in [2.24, 2.45) is 10.1 Å². The molecule has 2 amide bonds. The first kappa shape index (κ1) is 24.6. The minimum absolute atomic E-state index is 0.0116. The Morgan fingerprint density at radius 2 is 1.95 bits per heavy atom. The number of nitrogens with zero attached hydrogens (tertiary/aromatic N) is 6. The highest BCUT2D eigenvalue weighted by Gasteiger charge is 2.37. The number of carbonyl (C=O) groups excluding carboxylic acids is 2. The van der Waals surface area contributed by atoms with Gasteiger partial charge in [-0.05, 0) is 68.6 Å². The van der Waals surface area contributed by atoms with Crippen LogP contribution in [-0.2, 0) is 9.59 Å². The molecule has 0 atom stereocenters. The Labute approximate surface area is 217 Å². The number of rotatable bonds is 5. The number of hydrazone groups is 1. The zero-order valence-corrected chi connectivity index (χ0v) is 21.5. The molecule has 1 saturated heterocycles. The molecule has 3 aliphatic rings. The summed E-state index contributed by atoms with van der Waals surface area (Å²) >= 11 is 1.14. The summed E-state index contributed by atoms with van der Waals surface area (Å²) in [6.45, 7) is 7.10. The largest absolute Gasteiger partial charge is 0.342 e. The summed E-state index contributed by atoms with van der Waals surface area (Å²) in [5.74, 6) is -0.674. The van der Waals surface area contributed by atoms with Crippen molar-refractivity contribution in [3.8, 4) is 5.69 Å². The number of benzene rings is 1. The number of nitro benzene ring substituents is 1. The maximum absolute atomic E-state index is 12.9. The third-order valence-electron chi connectivity index (χ3n) is 6.67. The van der Waals surface area contributed by atoms with E-state index in [1.54, 1.807) is 12.1 Å². The van der Waals surface area contributed by atoms with Crippen LogP contribution in [0.25, 0.3) is 11.8 Å². The number of aryl methyl sites for hydroxylation is 2. The van der Waals surface area contributed by atoms with Gasteiger partial charge in [0.15, 0.2) is 5.84 Å². The van der Waals surface area contributed by atoms with Gasteiger partial charge in [-0.3, -0.25) is 25.1 Å². The average Bonchev–Trinajstić information content (AvgIpc) is 3.57. The highest BCUT2D eigenvalue weighted by Crippen LogP contribution is 2.32. The highest BCUT2D eigenvalue weighted by molar-refractivity contribution is 8.27. The van der Waals surface area contributed by atoms with E-state index in [0.717, 1.165) is 54.6 Å². The molecule has 190 valence electrons. The van der Waals surface area contributed by atoms with Gasteiger partial charge in [-0.15, -0.1) is 0 Å². The van der Waals surface area contributed by atoms with Crippen LogP contribution in [0.15, 0.2) is 39.9 Å². The molecule has 2 aromatic rings. The second kappa shape index (κ2) is 9.43. The lowest BCUT2D eigenvalue weighted by Crippen LogP contribution is -2.35. The van der Waals surface area contributed by atoms with E-state index in [4.69, 9.17) is 5.41 Å². The monoisotopic (exact) mass is 519 g/mol. The second-order valence-electron chi connectivity index (χ2n) is 9.17. The zero-order valence-electron chi connectivity index (χ0n) is 20.6. The molecule has 0 saturated carbocycles. The Balaban J connectivity index is 1.44. The third kappa shape index (κ3) is 4.48. The molecule has 5 rings (SSSR count). The first-order chi connectivity index (χ1) is 17.6. The molecular weight excluding hydrogens is 494 g/mol. The molecule has 0 bridgehead atoms. The summed E-state index contributed by atoms with van der Waals surface area (Å²) < 4.78 is 1.90. The molecule has 1 fully saturated rings. The number of aromatic nitrogens is 1. The smallest absolute Gasteiger partial charge is 0.283 e. The number of thioether (sulfide) groups is 1. The molecule has 3 aliphatic heterocycles. The first-order valence-electron chi connectivity index (χ1n) is 11.9. The number of hydrogen-bond acceptors (Lipinski definition) is 7. The summed E-state index contributed by atoms with van der Waals surface area (Å²) in [7, 11) is 0. The van der Waals surface area contributed by atoms with Crippen LogP contribution < -0.4 is 0 Å². The van der Waals surface area contributed by atoms with Gasteiger partial charge in [0.2, 0.25) is 11.1 Å². The Morgan fingerprint density at radius 3 is 2.65 bits per heavy atom. The van der Waals surface area contributed by atoms with Gasteiger partial charge in [0, 0.05) is 36.6 Å². The van der Waals surface area contributed by atoms with E-state index < -0.39 is 10.8 Å². The molecule has 12 heteroatoms. The number of non-ortho nitro benzene ring substituents is 1. The second-order valence-corrected chi connectivity index (χ2v) is 10.2. The molecule has 11 nitrogen and oxygen atoms in total. The van der Waals surface area contributed by atoms with Gasteiger partial charge >= 0.3 is 0 Å². The summed E-state index contributed by atoms with van der Waals surface area (Å²) in [4.78, 5) is 42.2. The fourth-order valence-corrected chi connectivity index (χ4v) is 5.60. The zero-order chi connectivity index (χ0) is 26.4. The minimum Gasteiger partial charge on any atom is -0.342 e. The van der Waals surface area contributed by atoms with Crippen molar-refractivity contribution in [1.82, 2.24) is 14.5 Å². The molecule has 1 aromatic heterocycles. The van der Waals surface area contributed by atoms with E-state index in [2.05, 4.69) is 10.1 Å². The molecule has 1 aromatic carbocycles. The molecular formula is C25H25N7O4S. The normalized spacial score (nSPS) is 18.4. The number of likely N-dealkylation sites (tertiary alicyclic amines) is 1. The van der Waals surface area contributed by atoms with Crippen molar-refractivity contribution in [2.75, 3.05) is 13.1 Å². The summed E-state index contributed by atoms with van der Waals surface area (Å²) in [5.41, 5.74) is 3.88. The van der Waals surface area contributed by atoms with Gasteiger partial charge in [0.05, 0.1) is 22.6 Å². The van der Waals surface area contributed by atoms with Gasteiger partial charge in [0.1, 0.15) is 5.04 Å². The lowest BCUT2D eigenvalue weighted by atomic mass is 10.1. The maximum atomic E-state index is 12.9. The molecule has 0 spiro atoms. The van der Waals surface area contributed by atoms with Gasteiger partial charge < -0.3 is 9.47 Å². The number of fused-ring (bicyclic) bond motifs is 1. The van der Waals surface area contributed by atoms with Crippen LogP contribution >= 0.6 is 11.8 Å². The first-order valence-corrected chi connectivity index (χ1v) is 12.7. The van der Waals surface area contributed by atoms with Crippen molar-refractivity contribution < 1.29 is 14.5 Å². The molecule has 1 N–H and O–H groups in total. The molecule has 0 radical (unpaired) electrons. The predicted molar refractivity (Wildman–Crippen MR) is 142 cm³/mol. The molecule has 4 heterocycles. The molecule has 37 heavy (non-hydrogen) atoms. The SMILES string of the molecule is Cc1ccc([N+](=O)[O-])cc1-n1c(C)cc(C=C2C(=N)N3N=C(CC(=O)N4CCCC4)SC3=NC2=O)c1C. The lowest BCUT2D eigenvalue weighted by molar-refractivity contribution is -0.384. The number of nitrogens with one attached hydrogen (secondary N) is 1. The summed E-state index contributed by atoms with van der Waals surface area (Å²) in [6, 6.07) is 6.56. The third-order valence-corrected chi connectivity index (χ3v) is 7.58. The van der Waals surface area contributed by atoms with Gasteiger partial charge in [0.25, 0.3) is 11.6 Å². The Morgan fingerprint density at radius 1 is 1.22 bits per heavy atom. The van der Waals surface area contributed by atoms with E-state index in [-0.39, 0.29) is 34.6 Å². The van der Waals surface area contributed by atoms with Crippen molar-refractivity contribution in [3.63, 3.8) is 0 Å². The average molecular weight is 520 g/mol. The Bertz CT molecular complexity index is 1460. The predicted octanol–water partition coefficient (Wildman–Crippen LogP) is 3.94. The Hall–Kier alpha value is -4.06. The highest BCUT2D eigenvalue weighted by atomic mass is 32.2. The van der Waals surface area contributed by atoms with E-state index in [9.17, 15) is 19.7 Å². The summed E-state index contributed by atoms with van der Waals surface area (Å²) in [5, 5.41) is 26.5. The Kier molecular flexibility index (Phi) is 6.28. The topological polar surface area (TPSA) is 137 Å². The number of hydrogen-bond donors (Lipinski definition) is 1. The summed E-state index contributed by atoms with van der Waals surface area (Å²) in [6.07, 6.45) is 3.71. The van der Waals surface area contributed by atoms with Crippen LogP contribution in [0.1, 0.15) is 41.8 Å². The van der Waals surface area contributed by atoms with Gasteiger partial charge in [-0.1, -0.05) is 6.07 Å². The van der Waals surface area contributed by atoms with Gasteiger partial charge in [-0.2, -0.15) is 15.1 Å². The van der Waals surface area contributed by atoms with Crippen LogP contribution in [0.2, 0.25) is 0 Å². The van der Waals surface area contributed by atoms with Crippen molar-refractivity contribution in [3.05, 3.63) is 62.5 Å². The standard InChI is InChI=1S/C25H25N7O4S/c1-14-6-7-18(32(35)36)12-20(14)30-15(2)10-17(16(30)3)11-19-23(26)31-25(27-24(19)34)37-21(28-31)13-22(33)29-8-4-5-9-29/h6-7,10-12,26H,4-5,8-9,13H2,1-3H3. The van der Waals surface area contributed by atoms with Crippen LogP contribution in [0.4, 0.5) is 5.69 Å². The maximum Gasteiger partial charge on any atom is 0.283 e. The molecule has 0 aliphatic carbocycles. The molecule has 0 unspecified atom stereocenters. The minimum atomic E-state index is -0.553. The van der Waals surface area contributed by atoms with E-state index >= 15 is 0 Å². The number of nitro groups is 1. The fraction of sp³-hybridized carbons (Fsp3) is 0.320. The number of carbonyl (C=O) groups is 2. The van der Waals surface area contributed by atoms with Crippen molar-refractivity contribution >= 4 is 51.4 Å². The quantitative estimate of drug-likeness (QED) is 0.361. The van der Waals surface area contributed by atoms with Gasteiger partial charge in [-0.25, -0.2) is 0 Å². The van der Waals surface area contributed by atoms with Crippen molar-refractivity contribution in [2.45, 2.75) is 40.0 Å². The van der Waals surface area contributed by atoms with Crippen LogP contribution in [0, 0.1) is 36.3 Å².